The molecule has 5 nitrogen and oxygen atoms in total. The molecule has 0 aliphatic carbocycles. The number of hydrogen-bond donors (Lipinski definition) is 1. The predicted molar refractivity (Wildman–Crippen MR) is 76.7 cm³/mol. The van der Waals surface area contributed by atoms with Gasteiger partial charge in [0.25, 0.3) is 11.1 Å². The first-order valence-corrected chi connectivity index (χ1v) is 6.10. The minimum absolute atomic E-state index is 0.287. The number of H-pyrrole nitrogens is 1. The van der Waals surface area contributed by atoms with E-state index in [1.165, 1.54) is 11.8 Å². The molecule has 0 aliphatic heterocycles. The molecule has 0 fully saturated rings. The van der Waals surface area contributed by atoms with E-state index in [1.54, 1.807) is 48.5 Å². The highest BCUT2D eigenvalue weighted by molar-refractivity contribution is 5.80. The number of ether oxygens (including phenoxy) is 1. The molecule has 100 valence electrons. The van der Waals surface area contributed by atoms with Gasteiger partial charge in [-0.1, -0.05) is 24.3 Å². The summed E-state index contributed by atoms with van der Waals surface area (Å²) in [5.74, 6) is 0.514. The van der Waals surface area contributed by atoms with Gasteiger partial charge in [0.2, 0.25) is 0 Å². The van der Waals surface area contributed by atoms with Crippen molar-refractivity contribution in [1.82, 2.24) is 9.78 Å². The van der Waals surface area contributed by atoms with E-state index >= 15 is 0 Å². The average Bonchev–Trinajstić information content (AvgIpc) is 2.51. The van der Waals surface area contributed by atoms with Gasteiger partial charge in [-0.05, 0) is 24.3 Å². The Kier molecular flexibility index (Phi) is 2.87. The summed E-state index contributed by atoms with van der Waals surface area (Å²) < 4.78 is 6.44. The van der Waals surface area contributed by atoms with Crippen LogP contribution in [0.3, 0.4) is 0 Å². The number of aromatic nitrogens is 2. The van der Waals surface area contributed by atoms with Crippen molar-refractivity contribution in [3.05, 3.63) is 69.2 Å². The number of rotatable bonds is 2. The molecule has 0 aliphatic rings. The van der Waals surface area contributed by atoms with Crippen LogP contribution in [0.1, 0.15) is 0 Å². The van der Waals surface area contributed by atoms with Gasteiger partial charge in [0.15, 0.2) is 0 Å². The van der Waals surface area contributed by atoms with Crippen LogP contribution < -0.4 is 15.9 Å². The fraction of sp³-hybridized carbons (Fsp3) is 0.0667. The molecule has 3 rings (SSSR count). The Balaban J connectivity index is 2.41. The maximum atomic E-state index is 12.5. The van der Waals surface area contributed by atoms with Gasteiger partial charge in [0.1, 0.15) is 11.4 Å². The molecule has 0 amide bonds. The first kappa shape index (κ1) is 12.2. The summed E-state index contributed by atoms with van der Waals surface area (Å²) in [6, 6.07) is 13.7. The lowest BCUT2D eigenvalue weighted by Crippen LogP contribution is -2.28. The van der Waals surface area contributed by atoms with Crippen molar-refractivity contribution >= 4 is 10.8 Å². The maximum absolute atomic E-state index is 12.5. The number of para-hydroxylation sites is 2. The molecule has 0 saturated heterocycles. The smallest absolute Gasteiger partial charge is 0.277 e. The number of aromatic amines is 1. The number of fused-ring (bicyclic) bond motifs is 1. The summed E-state index contributed by atoms with van der Waals surface area (Å²) in [4.78, 5) is 24.6. The predicted octanol–water partition coefficient (Wildman–Crippen LogP) is 1.69. The fourth-order valence-electron chi connectivity index (χ4n) is 2.18. The van der Waals surface area contributed by atoms with E-state index in [2.05, 4.69) is 5.10 Å². The zero-order chi connectivity index (χ0) is 14.1. The van der Waals surface area contributed by atoms with Crippen LogP contribution in [0.4, 0.5) is 0 Å². The van der Waals surface area contributed by atoms with E-state index in [9.17, 15) is 9.59 Å². The summed E-state index contributed by atoms with van der Waals surface area (Å²) in [5, 5.41) is 3.33. The van der Waals surface area contributed by atoms with Crippen molar-refractivity contribution in [1.29, 1.82) is 0 Å². The first-order chi connectivity index (χ1) is 9.72. The van der Waals surface area contributed by atoms with Gasteiger partial charge in [-0.2, -0.15) is 0 Å². The van der Waals surface area contributed by atoms with E-state index in [4.69, 9.17) is 4.74 Å². The van der Waals surface area contributed by atoms with E-state index in [0.29, 0.717) is 22.2 Å². The second-order valence-corrected chi connectivity index (χ2v) is 4.30. The van der Waals surface area contributed by atoms with Crippen LogP contribution in [0.25, 0.3) is 16.5 Å². The minimum atomic E-state index is -0.314. The van der Waals surface area contributed by atoms with Gasteiger partial charge in [0.05, 0.1) is 17.9 Å². The Hall–Kier alpha value is -2.82. The quantitative estimate of drug-likeness (QED) is 0.769. The molecule has 2 aromatic carbocycles. The number of hydrogen-bond acceptors (Lipinski definition) is 3. The van der Waals surface area contributed by atoms with Gasteiger partial charge in [-0.25, -0.2) is 4.68 Å². The van der Waals surface area contributed by atoms with Crippen LogP contribution in [-0.4, -0.2) is 16.9 Å². The molecule has 0 radical (unpaired) electrons. The Morgan fingerprint density at radius 1 is 0.950 bits per heavy atom. The van der Waals surface area contributed by atoms with Gasteiger partial charge in [-0.15, -0.1) is 0 Å². The van der Waals surface area contributed by atoms with Gasteiger partial charge in [-0.3, -0.25) is 14.7 Å². The Morgan fingerprint density at radius 2 is 1.60 bits per heavy atom. The Labute approximate surface area is 114 Å². The van der Waals surface area contributed by atoms with Crippen LogP contribution in [-0.2, 0) is 0 Å². The van der Waals surface area contributed by atoms with Crippen LogP contribution in [0.2, 0.25) is 0 Å². The molecule has 0 saturated carbocycles. The van der Waals surface area contributed by atoms with E-state index < -0.39 is 0 Å². The topological polar surface area (TPSA) is 64.1 Å². The van der Waals surface area contributed by atoms with Crippen molar-refractivity contribution in [3.8, 4) is 11.4 Å². The van der Waals surface area contributed by atoms with Crippen LogP contribution >= 0.6 is 0 Å². The summed E-state index contributed by atoms with van der Waals surface area (Å²) >= 11 is 0. The van der Waals surface area contributed by atoms with Gasteiger partial charge < -0.3 is 4.74 Å². The zero-order valence-electron chi connectivity index (χ0n) is 10.8. The third-order valence-corrected chi connectivity index (χ3v) is 3.14. The Bertz CT molecular complexity index is 893. The van der Waals surface area contributed by atoms with Crippen LogP contribution in [0, 0.1) is 0 Å². The number of nitrogens with zero attached hydrogens (tertiary/aromatic N) is 1. The van der Waals surface area contributed by atoms with Crippen molar-refractivity contribution in [2.24, 2.45) is 0 Å². The Morgan fingerprint density at radius 3 is 2.35 bits per heavy atom. The highest BCUT2D eigenvalue weighted by Gasteiger charge is 2.11. The van der Waals surface area contributed by atoms with Crippen LogP contribution in [0.15, 0.2) is 58.1 Å². The molecular weight excluding hydrogens is 256 g/mol. The molecule has 5 heteroatoms. The molecule has 0 atom stereocenters. The number of nitrogens with one attached hydrogen (secondary N) is 1. The largest absolute Gasteiger partial charge is 0.494 e. The van der Waals surface area contributed by atoms with Crippen LogP contribution in [0.5, 0.6) is 5.75 Å². The molecule has 0 spiro atoms. The summed E-state index contributed by atoms with van der Waals surface area (Å²) in [5.41, 5.74) is -0.0985. The van der Waals surface area contributed by atoms with Crippen molar-refractivity contribution in [3.63, 3.8) is 0 Å². The van der Waals surface area contributed by atoms with E-state index in [0.717, 1.165) is 0 Å². The van der Waals surface area contributed by atoms with E-state index in [-0.39, 0.29) is 11.1 Å². The lowest BCUT2D eigenvalue weighted by molar-refractivity contribution is 0.411. The standard InChI is InChI=1S/C15H12N2O3/c1-20-13-9-5-4-8-12(13)17-15(19)11-7-3-2-6-10(11)14(18)16-17/h2-9H,1H3,(H,16,18). The third kappa shape index (κ3) is 1.80. The summed E-state index contributed by atoms with van der Waals surface area (Å²) in [6.07, 6.45) is 0. The normalized spacial score (nSPS) is 10.7. The maximum Gasteiger partial charge on any atom is 0.277 e. The fourth-order valence-corrected chi connectivity index (χ4v) is 2.18. The zero-order valence-corrected chi connectivity index (χ0v) is 10.8. The van der Waals surface area contributed by atoms with E-state index in [1.807, 2.05) is 0 Å². The lowest BCUT2D eigenvalue weighted by Gasteiger charge is -2.10. The lowest BCUT2D eigenvalue weighted by atomic mass is 10.2. The highest BCUT2D eigenvalue weighted by atomic mass is 16.5. The molecule has 1 N–H and O–H groups in total. The average molecular weight is 268 g/mol. The number of methoxy groups -OCH3 is 1. The highest BCUT2D eigenvalue weighted by Crippen LogP contribution is 2.19. The molecule has 0 bridgehead atoms. The third-order valence-electron chi connectivity index (χ3n) is 3.14. The van der Waals surface area contributed by atoms with Crippen molar-refractivity contribution in [2.75, 3.05) is 7.11 Å². The summed E-state index contributed by atoms with van der Waals surface area (Å²) in [6.45, 7) is 0. The molecule has 3 aromatic rings. The molecule has 1 aromatic heterocycles. The number of benzene rings is 2. The van der Waals surface area contributed by atoms with Gasteiger partial charge in [0, 0.05) is 0 Å². The minimum Gasteiger partial charge on any atom is -0.494 e. The second-order valence-electron chi connectivity index (χ2n) is 4.30. The van der Waals surface area contributed by atoms with Crippen molar-refractivity contribution in [2.45, 2.75) is 0 Å². The SMILES string of the molecule is COc1ccccc1-n1[nH]c(=O)c2ccccc2c1=O. The monoisotopic (exact) mass is 268 g/mol. The molecule has 1 heterocycles. The molecule has 0 unspecified atom stereocenters. The first-order valence-electron chi connectivity index (χ1n) is 6.10. The summed E-state index contributed by atoms with van der Waals surface area (Å²) in [7, 11) is 1.52. The second kappa shape index (κ2) is 4.70. The van der Waals surface area contributed by atoms with Gasteiger partial charge >= 0.3 is 0 Å². The molecular formula is C15H12N2O3. The molecule has 20 heavy (non-hydrogen) atoms. The van der Waals surface area contributed by atoms with Crippen molar-refractivity contribution < 1.29 is 4.74 Å².